The van der Waals surface area contributed by atoms with Crippen LogP contribution >= 0.6 is 0 Å². The third-order valence-corrected chi connectivity index (χ3v) is 5.32. The van der Waals surface area contributed by atoms with Gasteiger partial charge in [-0.2, -0.15) is 0 Å². The molecule has 1 N–H and O–H groups in total. The second-order valence-corrected chi connectivity index (χ2v) is 6.96. The van der Waals surface area contributed by atoms with Crippen LogP contribution < -0.4 is 0 Å². The maximum Gasteiger partial charge on any atom is 0.226 e. The van der Waals surface area contributed by atoms with Crippen molar-refractivity contribution in [2.75, 3.05) is 0 Å². The molecule has 4 rings (SSSR count). The first-order valence-corrected chi connectivity index (χ1v) is 8.16. The monoisotopic (exact) mass is 312 g/mol. The van der Waals surface area contributed by atoms with Crippen molar-refractivity contribution in [2.24, 2.45) is 0 Å². The van der Waals surface area contributed by atoms with Crippen LogP contribution in [0.1, 0.15) is 5.56 Å². The van der Waals surface area contributed by atoms with Gasteiger partial charge in [0.05, 0.1) is 22.9 Å². The van der Waals surface area contributed by atoms with Crippen LogP contribution in [0.15, 0.2) is 59.0 Å². The fourth-order valence-electron chi connectivity index (χ4n) is 2.47. The van der Waals surface area contributed by atoms with E-state index in [-0.39, 0.29) is 9.92 Å². The van der Waals surface area contributed by atoms with Crippen molar-refractivity contribution in [2.45, 2.75) is 16.8 Å². The zero-order valence-corrected chi connectivity index (χ0v) is 12.5. The molecule has 3 heterocycles. The molecule has 6 nitrogen and oxygen atoms in total. The Labute approximate surface area is 126 Å². The van der Waals surface area contributed by atoms with E-state index in [2.05, 4.69) is 15.0 Å². The van der Waals surface area contributed by atoms with Gasteiger partial charge in [0.1, 0.15) is 5.52 Å². The van der Waals surface area contributed by atoms with Gasteiger partial charge in [-0.1, -0.05) is 17.7 Å². The van der Waals surface area contributed by atoms with E-state index in [1.165, 1.54) is 6.20 Å². The average Bonchev–Trinajstić information content (AvgIpc) is 3.14. The smallest absolute Gasteiger partial charge is 0.226 e. The van der Waals surface area contributed by atoms with Crippen LogP contribution in [0.3, 0.4) is 0 Å². The minimum Gasteiger partial charge on any atom is -0.345 e. The lowest BCUT2D eigenvalue weighted by Crippen LogP contribution is -2.07. The molecule has 0 spiro atoms. The molecule has 0 unspecified atom stereocenters. The number of H-pyrrole nitrogens is 1. The highest BCUT2D eigenvalue weighted by atomic mass is 32.2. The molecule has 110 valence electrons. The Hall–Kier alpha value is -2.67. The molecule has 0 aliphatic heterocycles. The third-order valence-electron chi connectivity index (χ3n) is 3.62. The summed E-state index contributed by atoms with van der Waals surface area (Å²) in [5.74, 6) is 0. The summed E-state index contributed by atoms with van der Waals surface area (Å²) in [5, 5.41) is 0.00352. The predicted octanol–water partition coefficient (Wildman–Crippen LogP) is 2.35. The first-order chi connectivity index (χ1) is 10.6. The number of fused-ring (bicyclic) bond motifs is 3. The molecule has 0 aliphatic carbocycles. The van der Waals surface area contributed by atoms with Crippen molar-refractivity contribution in [3.8, 4) is 0 Å². The van der Waals surface area contributed by atoms with Crippen molar-refractivity contribution in [3.05, 3.63) is 54.6 Å². The number of hydrogen-bond acceptors (Lipinski definition) is 4. The highest BCUT2D eigenvalue weighted by molar-refractivity contribution is 7.91. The first-order valence-electron chi connectivity index (χ1n) is 6.68. The van der Waals surface area contributed by atoms with Gasteiger partial charge in [0.15, 0.2) is 10.7 Å². The van der Waals surface area contributed by atoms with Gasteiger partial charge < -0.3 is 4.98 Å². The molecule has 0 fully saturated rings. The van der Waals surface area contributed by atoms with E-state index in [4.69, 9.17) is 0 Å². The summed E-state index contributed by atoms with van der Waals surface area (Å²) in [7, 11) is -3.71. The van der Waals surface area contributed by atoms with Crippen molar-refractivity contribution in [1.29, 1.82) is 0 Å². The Morgan fingerprint density at radius 1 is 1.09 bits per heavy atom. The highest BCUT2D eigenvalue weighted by Crippen LogP contribution is 2.26. The van der Waals surface area contributed by atoms with Crippen LogP contribution in [0, 0.1) is 6.92 Å². The number of nitrogens with zero attached hydrogens (tertiary/aromatic N) is 3. The summed E-state index contributed by atoms with van der Waals surface area (Å²) >= 11 is 0. The summed E-state index contributed by atoms with van der Waals surface area (Å²) < 4.78 is 27.5. The van der Waals surface area contributed by atoms with Crippen molar-refractivity contribution < 1.29 is 8.42 Å². The molecule has 0 aliphatic rings. The van der Waals surface area contributed by atoms with Gasteiger partial charge >= 0.3 is 0 Å². The summed E-state index contributed by atoms with van der Waals surface area (Å²) in [6.45, 7) is 1.91. The van der Waals surface area contributed by atoms with Crippen LogP contribution in [0.4, 0.5) is 0 Å². The van der Waals surface area contributed by atoms with Crippen molar-refractivity contribution in [1.82, 2.24) is 19.4 Å². The second kappa shape index (κ2) is 4.41. The van der Waals surface area contributed by atoms with Crippen LogP contribution in [-0.2, 0) is 9.84 Å². The maximum absolute atomic E-state index is 12.9. The average molecular weight is 312 g/mol. The zero-order valence-electron chi connectivity index (χ0n) is 11.7. The largest absolute Gasteiger partial charge is 0.345 e. The molecular weight excluding hydrogens is 300 g/mol. The fraction of sp³-hybridized carbons (Fsp3) is 0.0667. The van der Waals surface area contributed by atoms with Crippen molar-refractivity contribution >= 4 is 26.5 Å². The number of aromatic amines is 1. The molecular formula is C15H12N4O2S. The van der Waals surface area contributed by atoms with Gasteiger partial charge in [-0.25, -0.2) is 18.4 Å². The van der Waals surface area contributed by atoms with Gasteiger partial charge in [0.2, 0.25) is 9.84 Å². The van der Waals surface area contributed by atoms with Crippen LogP contribution in [0.5, 0.6) is 0 Å². The van der Waals surface area contributed by atoms with E-state index in [0.717, 1.165) is 11.1 Å². The molecule has 0 saturated carbocycles. The molecule has 0 bridgehead atoms. The van der Waals surface area contributed by atoms with Gasteiger partial charge in [-0.15, -0.1) is 0 Å². The molecule has 0 amide bonds. The standard InChI is InChI=1S/C15H12N4O2S/c1-10-2-4-11(5-3-10)22(20,21)15-13-8-16-9-19(13)12-6-7-17-14(12)18-15/h2-9,17H,1H3. The minimum atomic E-state index is -3.71. The number of aromatic nitrogens is 4. The first kappa shape index (κ1) is 13.0. The van der Waals surface area contributed by atoms with Gasteiger partial charge in [-0.05, 0) is 25.1 Å². The van der Waals surface area contributed by atoms with Crippen LogP contribution in [0.2, 0.25) is 0 Å². The Morgan fingerprint density at radius 2 is 1.86 bits per heavy atom. The summed E-state index contributed by atoms with van der Waals surface area (Å²) in [6, 6.07) is 8.57. The van der Waals surface area contributed by atoms with Crippen LogP contribution in [0.25, 0.3) is 16.7 Å². The normalized spacial score (nSPS) is 12.2. The summed E-state index contributed by atoms with van der Waals surface area (Å²) in [6.07, 6.45) is 4.82. The molecule has 4 aromatic rings. The summed E-state index contributed by atoms with van der Waals surface area (Å²) in [4.78, 5) is 11.5. The lowest BCUT2D eigenvalue weighted by Gasteiger charge is -2.07. The Bertz CT molecular complexity index is 1090. The topological polar surface area (TPSA) is 80.1 Å². The highest BCUT2D eigenvalue weighted by Gasteiger charge is 2.24. The second-order valence-electron chi connectivity index (χ2n) is 5.09. The minimum absolute atomic E-state index is 0.00352. The van der Waals surface area contributed by atoms with Gasteiger partial charge in [-0.3, -0.25) is 4.40 Å². The Kier molecular flexibility index (Phi) is 2.61. The van der Waals surface area contributed by atoms with Crippen molar-refractivity contribution in [3.63, 3.8) is 0 Å². The van der Waals surface area contributed by atoms with E-state index in [9.17, 15) is 8.42 Å². The zero-order chi connectivity index (χ0) is 15.3. The number of benzene rings is 1. The molecule has 0 atom stereocenters. The van der Waals surface area contributed by atoms with E-state index in [1.807, 2.05) is 13.0 Å². The lowest BCUT2D eigenvalue weighted by molar-refractivity contribution is 0.593. The van der Waals surface area contributed by atoms with E-state index in [1.54, 1.807) is 41.2 Å². The summed E-state index contributed by atoms with van der Waals surface area (Å²) in [5.41, 5.74) is 2.76. The number of nitrogens with one attached hydrogen (secondary N) is 1. The molecule has 0 radical (unpaired) electrons. The van der Waals surface area contributed by atoms with Crippen LogP contribution in [-0.4, -0.2) is 27.8 Å². The maximum atomic E-state index is 12.9. The van der Waals surface area contributed by atoms with Gasteiger partial charge in [0, 0.05) is 6.20 Å². The quantitative estimate of drug-likeness (QED) is 0.616. The molecule has 1 aromatic carbocycles. The van der Waals surface area contributed by atoms with E-state index < -0.39 is 9.84 Å². The number of aryl methyl sites for hydroxylation is 1. The SMILES string of the molecule is Cc1ccc(S(=O)(=O)c2nc3[nH]ccc3n3cncc23)cc1. The molecule has 0 saturated heterocycles. The number of hydrogen-bond donors (Lipinski definition) is 1. The fourth-order valence-corrected chi connectivity index (χ4v) is 3.82. The number of imidazole rings is 1. The van der Waals surface area contributed by atoms with Gasteiger partial charge in [0.25, 0.3) is 0 Å². The molecule has 3 aromatic heterocycles. The molecule has 7 heteroatoms. The lowest BCUT2D eigenvalue weighted by atomic mass is 10.2. The van der Waals surface area contributed by atoms with E-state index in [0.29, 0.717) is 11.2 Å². The molecule has 22 heavy (non-hydrogen) atoms. The Morgan fingerprint density at radius 3 is 2.64 bits per heavy atom. The number of rotatable bonds is 2. The third kappa shape index (κ3) is 1.75. The Balaban J connectivity index is 2.06. The predicted molar refractivity (Wildman–Crippen MR) is 81.5 cm³/mol. The number of sulfone groups is 1. The van der Waals surface area contributed by atoms with E-state index >= 15 is 0 Å².